The van der Waals surface area contributed by atoms with Gasteiger partial charge in [-0.3, -0.25) is 4.79 Å². The maximum atomic E-state index is 12.0. The fourth-order valence-electron chi connectivity index (χ4n) is 2.48. The number of carbonyl (C=O) groups is 2. The number of ether oxygens (including phenoxy) is 3. The fourth-order valence-corrected chi connectivity index (χ4v) is 2.48. The molecule has 0 saturated carbocycles. The predicted octanol–water partition coefficient (Wildman–Crippen LogP) is 2.43. The van der Waals surface area contributed by atoms with Crippen LogP contribution in [0.25, 0.3) is 6.08 Å². The van der Waals surface area contributed by atoms with Crippen molar-refractivity contribution in [2.24, 2.45) is 4.99 Å². The molecular formula is C20H18N2O5. The highest BCUT2D eigenvalue weighted by Gasteiger charge is 2.23. The number of hydrogen-bond donors (Lipinski definition) is 1. The third-order valence-electron chi connectivity index (χ3n) is 3.81. The molecule has 0 aliphatic carbocycles. The molecule has 1 heterocycles. The minimum absolute atomic E-state index is 0.0166. The zero-order valence-electron chi connectivity index (χ0n) is 14.9. The highest BCUT2D eigenvalue weighted by Crippen LogP contribution is 2.29. The summed E-state index contributed by atoms with van der Waals surface area (Å²) in [6.45, 7) is 0.0166. The number of methoxy groups -OCH3 is 2. The molecule has 138 valence electrons. The molecule has 0 atom stereocenters. The number of esters is 1. The van der Waals surface area contributed by atoms with E-state index >= 15 is 0 Å². The molecule has 1 amide bonds. The monoisotopic (exact) mass is 366 g/mol. The Morgan fingerprint density at radius 2 is 1.85 bits per heavy atom. The van der Waals surface area contributed by atoms with Crippen LogP contribution in [0.15, 0.2) is 59.2 Å². The third kappa shape index (κ3) is 4.33. The summed E-state index contributed by atoms with van der Waals surface area (Å²) in [5.41, 5.74) is 1.37. The highest BCUT2D eigenvalue weighted by molar-refractivity contribution is 6.08. The van der Waals surface area contributed by atoms with Gasteiger partial charge in [0.05, 0.1) is 20.8 Å². The number of rotatable bonds is 6. The van der Waals surface area contributed by atoms with Crippen LogP contribution in [0.1, 0.15) is 15.9 Å². The molecule has 0 spiro atoms. The Bertz CT molecular complexity index is 919. The molecule has 7 nitrogen and oxygen atoms in total. The molecule has 0 unspecified atom stereocenters. The van der Waals surface area contributed by atoms with E-state index in [1.807, 2.05) is 6.07 Å². The SMILES string of the molecule is COc1ccc(/C=C2/N=C(CNC(=O)c3ccccc3)OC2=O)cc1OC. The first kappa shape index (κ1) is 18.2. The number of hydrogen-bond acceptors (Lipinski definition) is 6. The van der Waals surface area contributed by atoms with E-state index in [9.17, 15) is 9.59 Å². The van der Waals surface area contributed by atoms with Crippen molar-refractivity contribution in [3.05, 3.63) is 65.4 Å². The van der Waals surface area contributed by atoms with Gasteiger partial charge in [0.25, 0.3) is 5.91 Å². The summed E-state index contributed by atoms with van der Waals surface area (Å²) in [5, 5.41) is 2.67. The van der Waals surface area contributed by atoms with E-state index in [0.29, 0.717) is 22.6 Å². The van der Waals surface area contributed by atoms with Gasteiger partial charge in [-0.05, 0) is 35.9 Å². The first-order valence-electron chi connectivity index (χ1n) is 8.17. The van der Waals surface area contributed by atoms with Crippen molar-refractivity contribution in [3.63, 3.8) is 0 Å². The molecule has 1 aliphatic rings. The van der Waals surface area contributed by atoms with Crippen molar-refractivity contribution >= 4 is 23.9 Å². The first-order valence-corrected chi connectivity index (χ1v) is 8.17. The van der Waals surface area contributed by atoms with Gasteiger partial charge < -0.3 is 19.5 Å². The average molecular weight is 366 g/mol. The van der Waals surface area contributed by atoms with E-state index in [1.165, 1.54) is 7.11 Å². The lowest BCUT2D eigenvalue weighted by Crippen LogP contribution is -2.29. The molecule has 7 heteroatoms. The number of carbonyl (C=O) groups excluding carboxylic acids is 2. The van der Waals surface area contributed by atoms with Crippen LogP contribution in [0.2, 0.25) is 0 Å². The van der Waals surface area contributed by atoms with Crippen molar-refractivity contribution < 1.29 is 23.8 Å². The van der Waals surface area contributed by atoms with E-state index in [0.717, 1.165) is 0 Å². The van der Waals surface area contributed by atoms with Crippen LogP contribution in [0.5, 0.6) is 11.5 Å². The number of nitrogens with zero attached hydrogens (tertiary/aromatic N) is 1. The van der Waals surface area contributed by atoms with Crippen molar-refractivity contribution in [3.8, 4) is 11.5 Å². The average Bonchev–Trinajstić information content (AvgIpc) is 3.06. The lowest BCUT2D eigenvalue weighted by atomic mass is 10.1. The normalized spacial score (nSPS) is 14.5. The van der Waals surface area contributed by atoms with Crippen molar-refractivity contribution in [2.75, 3.05) is 20.8 Å². The number of amides is 1. The van der Waals surface area contributed by atoms with Crippen molar-refractivity contribution in [1.29, 1.82) is 0 Å². The van der Waals surface area contributed by atoms with Crippen LogP contribution < -0.4 is 14.8 Å². The molecule has 0 bridgehead atoms. The van der Waals surface area contributed by atoms with Gasteiger partial charge in [0, 0.05) is 5.56 Å². The molecule has 3 rings (SSSR count). The zero-order chi connectivity index (χ0) is 19.2. The third-order valence-corrected chi connectivity index (χ3v) is 3.81. The molecule has 0 saturated heterocycles. The smallest absolute Gasteiger partial charge is 0.363 e. The Morgan fingerprint density at radius 3 is 2.56 bits per heavy atom. The number of cyclic esters (lactones) is 1. The topological polar surface area (TPSA) is 86.2 Å². The summed E-state index contributed by atoms with van der Waals surface area (Å²) in [6, 6.07) is 14.0. The summed E-state index contributed by atoms with van der Waals surface area (Å²) in [4.78, 5) is 28.2. The lowest BCUT2D eigenvalue weighted by Gasteiger charge is -2.07. The summed E-state index contributed by atoms with van der Waals surface area (Å²) in [7, 11) is 3.08. The fraction of sp³-hybridized carbons (Fsp3) is 0.150. The van der Waals surface area contributed by atoms with E-state index in [2.05, 4.69) is 10.3 Å². The molecule has 1 N–H and O–H groups in total. The van der Waals surface area contributed by atoms with Crippen molar-refractivity contribution in [2.45, 2.75) is 0 Å². The Hall–Kier alpha value is -3.61. The molecular weight excluding hydrogens is 348 g/mol. The van der Waals surface area contributed by atoms with Gasteiger partial charge in [-0.1, -0.05) is 24.3 Å². The molecule has 0 aromatic heterocycles. The quantitative estimate of drug-likeness (QED) is 0.627. The van der Waals surface area contributed by atoms with E-state index < -0.39 is 5.97 Å². The number of nitrogens with one attached hydrogen (secondary N) is 1. The van der Waals surface area contributed by atoms with E-state index in [-0.39, 0.29) is 24.0 Å². The number of benzene rings is 2. The minimum atomic E-state index is -0.575. The van der Waals surface area contributed by atoms with E-state index in [1.54, 1.807) is 55.7 Å². The molecule has 0 radical (unpaired) electrons. The van der Waals surface area contributed by atoms with Gasteiger partial charge in [0.1, 0.15) is 0 Å². The second-order valence-corrected chi connectivity index (χ2v) is 5.59. The van der Waals surface area contributed by atoms with Crippen LogP contribution in [-0.4, -0.2) is 38.5 Å². The predicted molar refractivity (Wildman–Crippen MR) is 99.8 cm³/mol. The van der Waals surface area contributed by atoms with Crippen molar-refractivity contribution in [1.82, 2.24) is 5.32 Å². The van der Waals surface area contributed by atoms with E-state index in [4.69, 9.17) is 14.2 Å². The van der Waals surface area contributed by atoms with Gasteiger partial charge in [-0.25, -0.2) is 9.79 Å². The minimum Gasteiger partial charge on any atom is -0.493 e. The number of aliphatic imine (C=N–C) groups is 1. The summed E-state index contributed by atoms with van der Waals surface area (Å²) in [5.74, 6) is 0.412. The van der Waals surface area contributed by atoms with Crippen LogP contribution in [0.3, 0.4) is 0 Å². The molecule has 0 fully saturated rings. The van der Waals surface area contributed by atoms with Gasteiger partial charge >= 0.3 is 5.97 Å². The Balaban J connectivity index is 1.70. The van der Waals surface area contributed by atoms with Crippen LogP contribution in [-0.2, 0) is 9.53 Å². The molecule has 27 heavy (non-hydrogen) atoms. The molecule has 1 aliphatic heterocycles. The summed E-state index contributed by atoms with van der Waals surface area (Å²) >= 11 is 0. The largest absolute Gasteiger partial charge is 0.493 e. The maximum absolute atomic E-state index is 12.0. The van der Waals surface area contributed by atoms with Gasteiger partial charge in [0.2, 0.25) is 5.90 Å². The standard InChI is InChI=1S/C20H18N2O5/c1-25-16-9-8-13(11-17(16)26-2)10-15-20(24)27-18(22-15)12-21-19(23)14-6-4-3-5-7-14/h3-11H,12H2,1-2H3,(H,21,23)/b15-10+. The van der Waals surface area contributed by atoms with Crippen LogP contribution >= 0.6 is 0 Å². The lowest BCUT2D eigenvalue weighted by molar-refractivity contribution is -0.130. The van der Waals surface area contributed by atoms with Gasteiger partial charge in [-0.2, -0.15) is 0 Å². The highest BCUT2D eigenvalue weighted by atomic mass is 16.6. The van der Waals surface area contributed by atoms with Crippen LogP contribution in [0.4, 0.5) is 0 Å². The van der Waals surface area contributed by atoms with Crippen LogP contribution in [0, 0.1) is 0 Å². The Labute approximate surface area is 156 Å². The molecule has 2 aromatic rings. The second kappa shape index (κ2) is 8.18. The molecule has 2 aromatic carbocycles. The Kier molecular flexibility index (Phi) is 5.51. The second-order valence-electron chi connectivity index (χ2n) is 5.59. The summed E-state index contributed by atoms with van der Waals surface area (Å²) < 4.78 is 15.5. The first-order chi connectivity index (χ1) is 13.1. The maximum Gasteiger partial charge on any atom is 0.363 e. The van der Waals surface area contributed by atoms with Gasteiger partial charge in [-0.15, -0.1) is 0 Å². The summed E-state index contributed by atoms with van der Waals surface area (Å²) in [6.07, 6.45) is 1.58. The Morgan fingerprint density at radius 1 is 1.11 bits per heavy atom. The zero-order valence-corrected chi connectivity index (χ0v) is 14.9. The van der Waals surface area contributed by atoms with Gasteiger partial charge in [0.15, 0.2) is 17.2 Å².